The van der Waals surface area contributed by atoms with E-state index in [9.17, 15) is 14.9 Å². The van der Waals surface area contributed by atoms with Crippen molar-refractivity contribution in [1.82, 2.24) is 0 Å². The van der Waals surface area contributed by atoms with Crippen LogP contribution in [0, 0.1) is 11.3 Å². The summed E-state index contributed by atoms with van der Waals surface area (Å²) >= 11 is 1.40. The average molecular weight is 406 g/mol. The minimum Gasteiger partial charge on any atom is -0.493 e. The summed E-state index contributed by atoms with van der Waals surface area (Å²) in [5.41, 5.74) is 1.22. The molecule has 0 atom stereocenters. The van der Waals surface area contributed by atoms with Crippen LogP contribution in [0.4, 0.5) is 5.00 Å². The number of anilines is 1. The molecule has 1 amide bonds. The fourth-order valence-corrected chi connectivity index (χ4v) is 5.01. The highest BCUT2D eigenvalue weighted by molar-refractivity contribution is 7.16. The number of nitrogens with two attached hydrogens (primary N) is 1. The third-order valence-corrected chi connectivity index (χ3v) is 6.01. The van der Waals surface area contributed by atoms with E-state index in [-0.39, 0.29) is 23.4 Å². The van der Waals surface area contributed by atoms with E-state index in [2.05, 4.69) is 44.4 Å². The normalized spacial score (nSPS) is 19.2. The van der Waals surface area contributed by atoms with E-state index in [1.54, 1.807) is 0 Å². The zero-order chi connectivity index (χ0) is 20.5. The standard InChI is InChI=1S/C19H23N3O5S/c1-18(2)7-11-12(8-20)16(28-15(11)19(3,4)22-18)21-14(23)10-27-17(24)13-9-25-5-6-26-13/h9,22H,5-7,10H2,1-4H3,(H,21,23)/p+1. The minimum atomic E-state index is -0.765. The Morgan fingerprint density at radius 1 is 1.36 bits per heavy atom. The Balaban J connectivity index is 1.72. The van der Waals surface area contributed by atoms with Crippen molar-refractivity contribution in [3.63, 3.8) is 0 Å². The Bertz CT molecular complexity index is 879. The van der Waals surface area contributed by atoms with Crippen LogP contribution in [0.3, 0.4) is 0 Å². The van der Waals surface area contributed by atoms with E-state index < -0.39 is 18.5 Å². The molecule has 9 heteroatoms. The van der Waals surface area contributed by atoms with Crippen LogP contribution in [0.2, 0.25) is 0 Å². The summed E-state index contributed by atoms with van der Waals surface area (Å²) in [5.74, 6) is -1.34. The molecule has 1 aromatic heterocycles. The van der Waals surface area contributed by atoms with Crippen LogP contribution in [0.5, 0.6) is 0 Å². The molecular formula is C19H24N3O5S+. The first kappa shape index (κ1) is 20.2. The molecular weight excluding hydrogens is 382 g/mol. The maximum Gasteiger partial charge on any atom is 0.377 e. The van der Waals surface area contributed by atoms with Gasteiger partial charge < -0.3 is 24.8 Å². The molecule has 0 bridgehead atoms. The smallest absolute Gasteiger partial charge is 0.377 e. The van der Waals surface area contributed by atoms with Crippen LogP contribution in [0.15, 0.2) is 12.0 Å². The van der Waals surface area contributed by atoms with Gasteiger partial charge >= 0.3 is 5.97 Å². The number of hydrogen-bond donors (Lipinski definition) is 2. The zero-order valence-corrected chi connectivity index (χ0v) is 17.2. The van der Waals surface area contributed by atoms with Crippen LogP contribution in [0.25, 0.3) is 0 Å². The summed E-state index contributed by atoms with van der Waals surface area (Å²) in [7, 11) is 0. The van der Waals surface area contributed by atoms with Gasteiger partial charge in [0.05, 0.1) is 16.0 Å². The van der Waals surface area contributed by atoms with Crippen molar-refractivity contribution in [1.29, 1.82) is 5.26 Å². The summed E-state index contributed by atoms with van der Waals surface area (Å²) < 4.78 is 15.1. The van der Waals surface area contributed by atoms with E-state index in [0.29, 0.717) is 17.2 Å². The number of nitriles is 1. The van der Waals surface area contributed by atoms with Gasteiger partial charge in [-0.1, -0.05) is 0 Å². The quantitative estimate of drug-likeness (QED) is 0.725. The van der Waals surface area contributed by atoms with Gasteiger partial charge in [-0.15, -0.1) is 11.3 Å². The molecule has 0 saturated heterocycles. The molecule has 150 valence electrons. The van der Waals surface area contributed by atoms with Crippen LogP contribution in [0.1, 0.15) is 43.7 Å². The second kappa shape index (κ2) is 7.45. The van der Waals surface area contributed by atoms with Crippen LogP contribution in [-0.2, 0) is 35.8 Å². The predicted octanol–water partition coefficient (Wildman–Crippen LogP) is 1.12. The first-order valence-electron chi connectivity index (χ1n) is 8.98. The third-order valence-electron chi connectivity index (χ3n) is 4.53. The lowest BCUT2D eigenvalue weighted by Crippen LogP contribution is -3.03. The number of thiophene rings is 1. The van der Waals surface area contributed by atoms with E-state index in [0.717, 1.165) is 16.9 Å². The number of rotatable bonds is 4. The molecule has 8 nitrogen and oxygen atoms in total. The Hall–Kier alpha value is -2.57. The SMILES string of the molecule is CC1(C)Cc2c(sc(NC(=O)COC(=O)C3=COCCO3)c2C#N)C(C)(C)[NH2+]1. The van der Waals surface area contributed by atoms with Gasteiger partial charge in [-0.2, -0.15) is 5.26 Å². The molecule has 0 unspecified atom stereocenters. The highest BCUT2D eigenvalue weighted by Crippen LogP contribution is 2.41. The Labute approximate surface area is 167 Å². The van der Waals surface area contributed by atoms with Crippen molar-refractivity contribution in [2.45, 2.75) is 45.2 Å². The molecule has 0 radical (unpaired) electrons. The number of carbonyl (C=O) groups is 2. The third kappa shape index (κ3) is 4.13. The number of nitrogens with one attached hydrogen (secondary N) is 1. The van der Waals surface area contributed by atoms with Gasteiger partial charge in [0.1, 0.15) is 36.1 Å². The van der Waals surface area contributed by atoms with E-state index >= 15 is 0 Å². The molecule has 0 aliphatic carbocycles. The van der Waals surface area contributed by atoms with E-state index in [4.69, 9.17) is 14.2 Å². The largest absolute Gasteiger partial charge is 0.493 e. The van der Waals surface area contributed by atoms with Crippen LogP contribution >= 0.6 is 11.3 Å². The molecule has 0 saturated carbocycles. The molecule has 28 heavy (non-hydrogen) atoms. The molecule has 3 N–H and O–H groups in total. The lowest BCUT2D eigenvalue weighted by molar-refractivity contribution is -0.789. The summed E-state index contributed by atoms with van der Waals surface area (Å²) in [6, 6.07) is 2.23. The average Bonchev–Trinajstić information content (AvgIpc) is 2.96. The second-order valence-electron chi connectivity index (χ2n) is 8.08. The number of fused-ring (bicyclic) bond motifs is 1. The van der Waals surface area contributed by atoms with Crippen molar-refractivity contribution in [2.75, 3.05) is 25.1 Å². The lowest BCUT2D eigenvalue weighted by Gasteiger charge is -2.38. The van der Waals surface area contributed by atoms with Gasteiger partial charge in [0.2, 0.25) is 5.76 Å². The van der Waals surface area contributed by atoms with Gasteiger partial charge in [-0.05, 0) is 33.3 Å². The highest BCUT2D eigenvalue weighted by Gasteiger charge is 2.44. The zero-order valence-electron chi connectivity index (χ0n) is 16.4. The van der Waals surface area contributed by atoms with Crippen molar-refractivity contribution in [3.05, 3.63) is 28.0 Å². The Kier molecular flexibility index (Phi) is 5.37. The molecule has 2 aliphatic rings. The summed E-state index contributed by atoms with van der Waals surface area (Å²) in [6.45, 7) is 8.63. The monoisotopic (exact) mass is 406 g/mol. The number of nitrogens with zero attached hydrogens (tertiary/aromatic N) is 1. The van der Waals surface area contributed by atoms with Gasteiger partial charge in [0.15, 0.2) is 6.61 Å². The summed E-state index contributed by atoms with van der Waals surface area (Å²) in [6.07, 6.45) is 1.91. The van der Waals surface area contributed by atoms with Crippen molar-refractivity contribution in [3.8, 4) is 6.07 Å². The number of quaternary nitrogens is 1. The molecule has 0 aromatic carbocycles. The maximum atomic E-state index is 12.3. The molecule has 3 heterocycles. The first-order chi connectivity index (χ1) is 13.1. The summed E-state index contributed by atoms with van der Waals surface area (Å²) in [4.78, 5) is 25.2. The molecule has 3 rings (SSSR count). The van der Waals surface area contributed by atoms with Crippen LogP contribution in [-0.4, -0.2) is 37.2 Å². The molecule has 0 fully saturated rings. The Morgan fingerprint density at radius 3 is 2.75 bits per heavy atom. The number of esters is 1. The predicted molar refractivity (Wildman–Crippen MR) is 101 cm³/mol. The minimum absolute atomic E-state index is 0.0459. The van der Waals surface area contributed by atoms with Gasteiger partial charge in [-0.3, -0.25) is 4.79 Å². The molecule has 0 spiro atoms. The fourth-order valence-electron chi connectivity index (χ4n) is 3.75. The second-order valence-corrected chi connectivity index (χ2v) is 9.10. The number of carbonyl (C=O) groups excluding carboxylic acids is 2. The lowest BCUT2D eigenvalue weighted by atomic mass is 9.81. The van der Waals surface area contributed by atoms with Gasteiger partial charge in [0.25, 0.3) is 5.91 Å². The number of ether oxygens (including phenoxy) is 3. The highest BCUT2D eigenvalue weighted by atomic mass is 32.1. The van der Waals surface area contributed by atoms with E-state index in [1.165, 1.54) is 17.6 Å². The summed E-state index contributed by atoms with van der Waals surface area (Å²) in [5, 5.41) is 15.2. The Morgan fingerprint density at radius 2 is 2.11 bits per heavy atom. The van der Waals surface area contributed by atoms with Crippen molar-refractivity contribution in [2.24, 2.45) is 0 Å². The van der Waals surface area contributed by atoms with Crippen LogP contribution < -0.4 is 10.6 Å². The first-order valence-corrected chi connectivity index (χ1v) is 9.79. The number of amides is 1. The maximum absolute atomic E-state index is 12.3. The fraction of sp³-hybridized carbons (Fsp3) is 0.526. The van der Waals surface area contributed by atoms with Crippen molar-refractivity contribution >= 4 is 28.2 Å². The van der Waals surface area contributed by atoms with Gasteiger partial charge in [0, 0.05) is 6.42 Å². The van der Waals surface area contributed by atoms with Gasteiger partial charge in [-0.25, -0.2) is 4.79 Å². The number of hydrogen-bond acceptors (Lipinski definition) is 7. The topological polar surface area (TPSA) is 114 Å². The molecule has 2 aliphatic heterocycles. The van der Waals surface area contributed by atoms with E-state index in [1.807, 2.05) is 0 Å². The van der Waals surface area contributed by atoms with Crippen molar-refractivity contribution < 1.29 is 29.1 Å². The molecule has 1 aromatic rings.